The number of hydrogen-bond donors (Lipinski definition) is 3. The number of para-hydroxylation sites is 1. The molecule has 5 N–H and O–H groups in total. The van der Waals surface area contributed by atoms with Crippen molar-refractivity contribution in [3.05, 3.63) is 65.7 Å². The van der Waals surface area contributed by atoms with Gasteiger partial charge in [0.1, 0.15) is 0 Å². The zero-order valence-corrected chi connectivity index (χ0v) is 13.8. The highest BCUT2D eigenvalue weighted by molar-refractivity contribution is 6.00. The molecule has 0 atom stereocenters. The van der Waals surface area contributed by atoms with Crippen LogP contribution in [0.2, 0.25) is 0 Å². The van der Waals surface area contributed by atoms with Gasteiger partial charge in [0.05, 0.1) is 22.7 Å². The minimum Gasteiger partial charge on any atom is -0.399 e. The van der Waals surface area contributed by atoms with Gasteiger partial charge >= 0.3 is 0 Å². The summed E-state index contributed by atoms with van der Waals surface area (Å²) >= 11 is 0. The van der Waals surface area contributed by atoms with Gasteiger partial charge in [0.25, 0.3) is 0 Å². The Kier molecular flexibility index (Phi) is 3.13. The van der Waals surface area contributed by atoms with Gasteiger partial charge in [0, 0.05) is 17.1 Å². The van der Waals surface area contributed by atoms with E-state index in [1.165, 1.54) is 0 Å². The molecule has 0 radical (unpaired) electrons. The molecule has 0 saturated heterocycles. The van der Waals surface area contributed by atoms with E-state index in [1.807, 2.05) is 43.3 Å². The maximum atomic E-state index is 6.32. The standard InChI is InChI=1S/C20H20N4/c1-12-10-17-20(13(2)19(12)22)24(15-6-4-3-5-7-15)18-11-14(21)8-9-16(18)23-17/h3-11,23H,21-22H2,1-2H3. The Balaban J connectivity index is 2.05. The van der Waals surface area contributed by atoms with E-state index in [0.717, 1.165) is 50.9 Å². The molecule has 0 aliphatic carbocycles. The van der Waals surface area contributed by atoms with Gasteiger partial charge in [-0.25, -0.2) is 0 Å². The molecule has 3 aromatic carbocycles. The van der Waals surface area contributed by atoms with Gasteiger partial charge in [-0.3, -0.25) is 0 Å². The Morgan fingerprint density at radius 1 is 0.875 bits per heavy atom. The third-order valence-corrected chi connectivity index (χ3v) is 4.57. The lowest BCUT2D eigenvalue weighted by molar-refractivity contribution is 1.21. The van der Waals surface area contributed by atoms with E-state index in [4.69, 9.17) is 11.5 Å². The molecule has 4 nitrogen and oxygen atoms in total. The van der Waals surface area contributed by atoms with E-state index >= 15 is 0 Å². The van der Waals surface area contributed by atoms with E-state index in [9.17, 15) is 0 Å². The van der Waals surface area contributed by atoms with Crippen molar-refractivity contribution in [2.75, 3.05) is 21.7 Å². The summed E-state index contributed by atoms with van der Waals surface area (Å²) in [5, 5.41) is 3.52. The number of benzene rings is 3. The third kappa shape index (κ3) is 2.07. The first kappa shape index (κ1) is 14.5. The monoisotopic (exact) mass is 316 g/mol. The van der Waals surface area contributed by atoms with Crippen LogP contribution >= 0.6 is 0 Å². The normalized spacial score (nSPS) is 12.3. The van der Waals surface area contributed by atoms with Crippen molar-refractivity contribution in [2.24, 2.45) is 0 Å². The number of nitrogen functional groups attached to an aromatic ring is 2. The predicted molar refractivity (Wildman–Crippen MR) is 103 cm³/mol. The molecule has 0 spiro atoms. The molecule has 0 saturated carbocycles. The summed E-state index contributed by atoms with van der Waals surface area (Å²) in [5.74, 6) is 0. The molecular formula is C20H20N4. The van der Waals surface area contributed by atoms with E-state index in [0.29, 0.717) is 0 Å². The lowest BCUT2D eigenvalue weighted by Crippen LogP contribution is -2.20. The van der Waals surface area contributed by atoms with Crippen LogP contribution < -0.4 is 21.7 Å². The molecule has 0 amide bonds. The summed E-state index contributed by atoms with van der Waals surface area (Å²) in [7, 11) is 0. The minimum absolute atomic E-state index is 0.734. The van der Waals surface area contributed by atoms with Crippen LogP contribution in [0.4, 0.5) is 39.8 Å². The molecule has 24 heavy (non-hydrogen) atoms. The second kappa shape index (κ2) is 5.20. The van der Waals surface area contributed by atoms with Crippen molar-refractivity contribution < 1.29 is 0 Å². The number of anilines is 7. The highest BCUT2D eigenvalue weighted by Gasteiger charge is 2.27. The maximum absolute atomic E-state index is 6.32. The Bertz CT molecular complexity index is 932. The summed E-state index contributed by atoms with van der Waals surface area (Å²) < 4.78 is 0. The van der Waals surface area contributed by atoms with Crippen LogP contribution in [0.25, 0.3) is 0 Å². The lowest BCUT2D eigenvalue weighted by Gasteiger charge is -2.36. The summed E-state index contributed by atoms with van der Waals surface area (Å²) in [6, 6.07) is 18.3. The molecule has 0 unspecified atom stereocenters. The number of rotatable bonds is 1. The number of nitrogens with two attached hydrogens (primary N) is 2. The number of hydrogen-bond acceptors (Lipinski definition) is 4. The first-order valence-corrected chi connectivity index (χ1v) is 7.97. The van der Waals surface area contributed by atoms with Crippen LogP contribution in [0.15, 0.2) is 54.6 Å². The van der Waals surface area contributed by atoms with Crippen molar-refractivity contribution in [3.8, 4) is 0 Å². The summed E-state index contributed by atoms with van der Waals surface area (Å²) in [6.45, 7) is 4.10. The van der Waals surface area contributed by atoms with Gasteiger partial charge < -0.3 is 21.7 Å². The molecule has 0 bridgehead atoms. The molecule has 120 valence electrons. The zero-order chi connectivity index (χ0) is 16.8. The lowest BCUT2D eigenvalue weighted by atomic mass is 10.00. The highest BCUT2D eigenvalue weighted by Crippen LogP contribution is 2.51. The van der Waals surface area contributed by atoms with Crippen LogP contribution in [0.5, 0.6) is 0 Å². The minimum atomic E-state index is 0.734. The van der Waals surface area contributed by atoms with Crippen LogP contribution in [0.1, 0.15) is 11.1 Å². The average Bonchev–Trinajstić information content (AvgIpc) is 2.59. The number of fused-ring (bicyclic) bond motifs is 2. The largest absolute Gasteiger partial charge is 0.399 e. The topological polar surface area (TPSA) is 67.3 Å². The van der Waals surface area contributed by atoms with Crippen molar-refractivity contribution in [1.29, 1.82) is 0 Å². The van der Waals surface area contributed by atoms with E-state index in [1.54, 1.807) is 0 Å². The number of nitrogens with zero attached hydrogens (tertiary/aromatic N) is 1. The van der Waals surface area contributed by atoms with Crippen molar-refractivity contribution in [2.45, 2.75) is 13.8 Å². The molecule has 0 aromatic heterocycles. The fourth-order valence-corrected chi connectivity index (χ4v) is 3.32. The van der Waals surface area contributed by atoms with E-state index in [-0.39, 0.29) is 0 Å². The van der Waals surface area contributed by atoms with Crippen LogP contribution in [0, 0.1) is 13.8 Å². The second-order valence-corrected chi connectivity index (χ2v) is 6.20. The SMILES string of the molecule is Cc1cc2c(c(C)c1N)N(c1ccccc1)c1cc(N)ccc1N2. The van der Waals surface area contributed by atoms with Gasteiger partial charge in [0.15, 0.2) is 0 Å². The van der Waals surface area contributed by atoms with Crippen molar-refractivity contribution in [1.82, 2.24) is 0 Å². The zero-order valence-electron chi connectivity index (χ0n) is 13.8. The van der Waals surface area contributed by atoms with Crippen molar-refractivity contribution in [3.63, 3.8) is 0 Å². The second-order valence-electron chi connectivity index (χ2n) is 6.20. The van der Waals surface area contributed by atoms with E-state index < -0.39 is 0 Å². The number of aryl methyl sites for hydroxylation is 1. The molecular weight excluding hydrogens is 296 g/mol. The summed E-state index contributed by atoms with van der Waals surface area (Å²) in [4.78, 5) is 2.22. The van der Waals surface area contributed by atoms with Gasteiger partial charge in [0.2, 0.25) is 0 Å². The average molecular weight is 316 g/mol. The molecule has 3 aromatic rings. The van der Waals surface area contributed by atoms with Gasteiger partial charge in [-0.1, -0.05) is 18.2 Å². The highest BCUT2D eigenvalue weighted by atomic mass is 15.2. The Labute approximate surface area is 141 Å². The molecule has 1 heterocycles. The fourth-order valence-electron chi connectivity index (χ4n) is 3.32. The Hall–Kier alpha value is -3.14. The summed E-state index contributed by atoms with van der Waals surface area (Å²) in [6.07, 6.45) is 0. The molecule has 1 aliphatic heterocycles. The van der Waals surface area contributed by atoms with Gasteiger partial charge in [-0.2, -0.15) is 0 Å². The molecule has 1 aliphatic rings. The molecule has 4 rings (SSSR count). The first-order valence-electron chi connectivity index (χ1n) is 7.97. The van der Waals surface area contributed by atoms with Crippen molar-refractivity contribution >= 4 is 39.8 Å². The maximum Gasteiger partial charge on any atom is 0.0747 e. The van der Waals surface area contributed by atoms with Crippen LogP contribution in [0.3, 0.4) is 0 Å². The van der Waals surface area contributed by atoms with Crippen LogP contribution in [-0.2, 0) is 0 Å². The number of nitrogens with one attached hydrogen (secondary N) is 1. The fraction of sp³-hybridized carbons (Fsp3) is 0.100. The Morgan fingerprint density at radius 3 is 2.38 bits per heavy atom. The Morgan fingerprint density at radius 2 is 1.62 bits per heavy atom. The van der Waals surface area contributed by atoms with E-state index in [2.05, 4.69) is 35.3 Å². The summed E-state index contributed by atoms with van der Waals surface area (Å²) in [5.41, 5.74) is 21.3. The van der Waals surface area contributed by atoms with Gasteiger partial charge in [-0.15, -0.1) is 0 Å². The third-order valence-electron chi connectivity index (χ3n) is 4.57. The van der Waals surface area contributed by atoms with Crippen LogP contribution in [-0.4, -0.2) is 0 Å². The molecule has 0 fully saturated rings. The predicted octanol–water partition coefficient (Wildman–Crippen LogP) is 4.99. The smallest absolute Gasteiger partial charge is 0.0747 e. The quantitative estimate of drug-likeness (QED) is 0.433. The van der Waals surface area contributed by atoms with Gasteiger partial charge in [-0.05, 0) is 61.4 Å². The first-order chi connectivity index (χ1) is 11.6. The molecule has 4 heteroatoms.